The van der Waals surface area contributed by atoms with Crippen molar-refractivity contribution in [2.75, 3.05) is 0 Å². The van der Waals surface area contributed by atoms with Crippen molar-refractivity contribution in [1.29, 1.82) is 0 Å². The van der Waals surface area contributed by atoms with E-state index in [9.17, 15) is 31.1 Å². The van der Waals surface area contributed by atoms with Crippen LogP contribution in [0.1, 0.15) is 27.2 Å². The Morgan fingerprint density at radius 2 is 1.50 bits per heavy atom. The van der Waals surface area contributed by atoms with Crippen LogP contribution in [-0.4, -0.2) is 16.7 Å². The summed E-state index contributed by atoms with van der Waals surface area (Å²) in [6.45, 7) is 0. The third kappa shape index (κ3) is 4.88. The molecule has 0 aliphatic heterocycles. The Labute approximate surface area is 166 Å². The Balaban J connectivity index is 1.77. The van der Waals surface area contributed by atoms with E-state index in [2.05, 4.69) is 10.5 Å². The minimum atomic E-state index is -4.59. The van der Waals surface area contributed by atoms with Gasteiger partial charge in [0.2, 0.25) is 0 Å². The Morgan fingerprint density at radius 1 is 0.867 bits per heavy atom. The summed E-state index contributed by atoms with van der Waals surface area (Å²) in [6.07, 6.45) is -6.42. The van der Waals surface area contributed by atoms with Gasteiger partial charge in [-0.15, -0.1) is 0 Å². The summed E-state index contributed by atoms with van der Waals surface area (Å²) in [5.74, 6) is -0.866. The standard InChI is InChI=1S/C20H13F6N3O/c21-19(22,23)14-5-1-4-13(10-14)18(30)28-27-12-17-8-3-9-29(17)16-7-2-6-15(11-16)20(24,25)26/h1-12H,(H,28,30)/b27-12-. The molecule has 0 spiro atoms. The molecule has 1 N–H and O–H groups in total. The lowest BCUT2D eigenvalue weighted by molar-refractivity contribution is -0.138. The number of carbonyl (C=O) groups excluding carboxylic acids is 1. The van der Waals surface area contributed by atoms with Crippen molar-refractivity contribution >= 4 is 12.1 Å². The van der Waals surface area contributed by atoms with Crippen molar-refractivity contribution < 1.29 is 31.1 Å². The van der Waals surface area contributed by atoms with Gasteiger partial charge in [-0.25, -0.2) is 5.43 Å². The molecule has 0 fully saturated rings. The topological polar surface area (TPSA) is 46.4 Å². The van der Waals surface area contributed by atoms with Crippen molar-refractivity contribution in [3.8, 4) is 5.69 Å². The van der Waals surface area contributed by atoms with Crippen molar-refractivity contribution in [2.24, 2.45) is 5.10 Å². The van der Waals surface area contributed by atoms with Gasteiger partial charge in [-0.3, -0.25) is 4.79 Å². The molecule has 1 amide bonds. The molecule has 3 rings (SSSR count). The van der Waals surface area contributed by atoms with Gasteiger partial charge < -0.3 is 4.57 Å². The van der Waals surface area contributed by atoms with E-state index in [0.29, 0.717) is 11.8 Å². The van der Waals surface area contributed by atoms with Crippen LogP contribution in [0.25, 0.3) is 5.69 Å². The zero-order valence-corrected chi connectivity index (χ0v) is 15.0. The van der Waals surface area contributed by atoms with Crippen LogP contribution in [0.2, 0.25) is 0 Å². The zero-order valence-electron chi connectivity index (χ0n) is 15.0. The average molecular weight is 425 g/mol. The highest BCUT2D eigenvalue weighted by molar-refractivity contribution is 5.95. The number of nitrogens with zero attached hydrogens (tertiary/aromatic N) is 2. The van der Waals surface area contributed by atoms with Crippen LogP contribution in [0.5, 0.6) is 0 Å². The van der Waals surface area contributed by atoms with E-state index in [1.807, 2.05) is 0 Å². The number of alkyl halides is 6. The molecule has 10 heteroatoms. The van der Waals surface area contributed by atoms with E-state index in [-0.39, 0.29) is 11.3 Å². The smallest absolute Gasteiger partial charge is 0.316 e. The van der Waals surface area contributed by atoms with Gasteiger partial charge >= 0.3 is 12.4 Å². The largest absolute Gasteiger partial charge is 0.416 e. The van der Waals surface area contributed by atoms with Gasteiger partial charge in [0, 0.05) is 17.4 Å². The van der Waals surface area contributed by atoms with Gasteiger partial charge in [0.15, 0.2) is 0 Å². The van der Waals surface area contributed by atoms with Crippen molar-refractivity contribution in [1.82, 2.24) is 9.99 Å². The van der Waals surface area contributed by atoms with Crippen LogP contribution in [0, 0.1) is 0 Å². The minimum Gasteiger partial charge on any atom is -0.316 e. The first kappa shape index (κ1) is 21.2. The Kier molecular flexibility index (Phi) is 5.68. The summed E-state index contributed by atoms with van der Waals surface area (Å²) in [7, 11) is 0. The number of hydrogen-bond donors (Lipinski definition) is 1. The zero-order chi connectivity index (χ0) is 21.9. The molecule has 3 aromatic rings. The van der Waals surface area contributed by atoms with Gasteiger partial charge in [-0.2, -0.15) is 31.4 Å². The lowest BCUT2D eigenvalue weighted by atomic mass is 10.1. The summed E-state index contributed by atoms with van der Waals surface area (Å²) in [4.78, 5) is 12.0. The monoisotopic (exact) mass is 425 g/mol. The highest BCUT2D eigenvalue weighted by Gasteiger charge is 2.31. The van der Waals surface area contributed by atoms with Crippen molar-refractivity contribution in [2.45, 2.75) is 12.4 Å². The summed E-state index contributed by atoms with van der Waals surface area (Å²) in [5.41, 5.74) is 0.629. The first-order valence-electron chi connectivity index (χ1n) is 8.41. The van der Waals surface area contributed by atoms with E-state index in [0.717, 1.165) is 24.3 Å². The molecule has 30 heavy (non-hydrogen) atoms. The van der Waals surface area contributed by atoms with Gasteiger partial charge in [0.1, 0.15) is 0 Å². The molecular weight excluding hydrogens is 412 g/mol. The van der Waals surface area contributed by atoms with E-state index < -0.39 is 29.4 Å². The number of rotatable bonds is 4. The number of nitrogens with one attached hydrogen (secondary N) is 1. The number of amides is 1. The van der Waals surface area contributed by atoms with Crippen LogP contribution < -0.4 is 5.43 Å². The number of carbonyl (C=O) groups is 1. The van der Waals surface area contributed by atoms with E-state index in [1.54, 1.807) is 12.1 Å². The van der Waals surface area contributed by atoms with Gasteiger partial charge in [0.25, 0.3) is 5.91 Å². The molecular formula is C20H13F6N3O. The number of benzene rings is 2. The highest BCUT2D eigenvalue weighted by Crippen LogP contribution is 2.31. The fourth-order valence-electron chi connectivity index (χ4n) is 2.62. The van der Waals surface area contributed by atoms with Crippen LogP contribution >= 0.6 is 0 Å². The molecule has 0 saturated heterocycles. The normalized spacial score (nSPS) is 12.3. The van der Waals surface area contributed by atoms with E-state index in [4.69, 9.17) is 0 Å². The molecule has 0 radical (unpaired) electrons. The van der Waals surface area contributed by atoms with E-state index in [1.165, 1.54) is 35.2 Å². The molecule has 0 atom stereocenters. The number of hydrazone groups is 1. The molecule has 1 heterocycles. The molecule has 0 aliphatic carbocycles. The second kappa shape index (κ2) is 8.05. The predicted molar refractivity (Wildman–Crippen MR) is 97.3 cm³/mol. The number of aromatic nitrogens is 1. The van der Waals surface area contributed by atoms with Crippen molar-refractivity contribution in [3.63, 3.8) is 0 Å². The maximum absolute atomic E-state index is 12.9. The fourth-order valence-corrected chi connectivity index (χ4v) is 2.62. The summed E-state index contributed by atoms with van der Waals surface area (Å²) in [6, 6.07) is 11.6. The highest BCUT2D eigenvalue weighted by atomic mass is 19.4. The average Bonchev–Trinajstić information content (AvgIpc) is 3.15. The van der Waals surface area contributed by atoms with Gasteiger partial charge in [-0.1, -0.05) is 12.1 Å². The molecule has 0 unspecified atom stereocenters. The van der Waals surface area contributed by atoms with Crippen LogP contribution in [-0.2, 0) is 12.4 Å². The molecule has 0 aliphatic rings. The van der Waals surface area contributed by atoms with E-state index >= 15 is 0 Å². The van der Waals surface area contributed by atoms with Crippen LogP contribution in [0.15, 0.2) is 72.0 Å². The third-order valence-electron chi connectivity index (χ3n) is 4.05. The quantitative estimate of drug-likeness (QED) is 0.345. The summed E-state index contributed by atoms with van der Waals surface area (Å²) >= 11 is 0. The van der Waals surface area contributed by atoms with Gasteiger partial charge in [-0.05, 0) is 48.5 Å². The summed E-state index contributed by atoms with van der Waals surface area (Å²) < 4.78 is 78.4. The van der Waals surface area contributed by atoms with Crippen molar-refractivity contribution in [3.05, 3.63) is 89.2 Å². The molecule has 4 nitrogen and oxygen atoms in total. The van der Waals surface area contributed by atoms with Crippen LogP contribution in [0.4, 0.5) is 26.3 Å². The predicted octanol–water partition coefficient (Wildman–Crippen LogP) is 5.28. The molecule has 2 aromatic carbocycles. The Morgan fingerprint density at radius 3 is 2.17 bits per heavy atom. The second-order valence-electron chi connectivity index (χ2n) is 6.13. The van der Waals surface area contributed by atoms with Gasteiger partial charge in [0.05, 0.1) is 23.0 Å². The Hall–Kier alpha value is -3.56. The first-order valence-corrected chi connectivity index (χ1v) is 8.41. The number of halogens is 6. The molecule has 156 valence electrons. The third-order valence-corrected chi connectivity index (χ3v) is 4.05. The summed E-state index contributed by atoms with van der Waals surface area (Å²) in [5, 5.41) is 3.69. The molecule has 0 bridgehead atoms. The SMILES string of the molecule is O=C(N/N=C\c1cccn1-c1cccc(C(F)(F)F)c1)c1cccc(C(F)(F)F)c1. The maximum Gasteiger partial charge on any atom is 0.416 e. The number of hydrogen-bond acceptors (Lipinski definition) is 2. The Bertz CT molecular complexity index is 1080. The molecule has 0 saturated carbocycles. The fraction of sp³-hybridized carbons (Fsp3) is 0.100. The lowest BCUT2D eigenvalue weighted by Gasteiger charge is -2.11. The first-order chi connectivity index (χ1) is 14.1. The lowest BCUT2D eigenvalue weighted by Crippen LogP contribution is -2.18. The van der Waals surface area contributed by atoms with Crippen LogP contribution in [0.3, 0.4) is 0 Å². The maximum atomic E-state index is 12.9. The molecule has 1 aromatic heterocycles. The minimum absolute atomic E-state index is 0.223. The second-order valence-corrected chi connectivity index (χ2v) is 6.13.